The number of benzene rings is 1. The second-order valence-corrected chi connectivity index (χ2v) is 4.23. The van der Waals surface area contributed by atoms with E-state index in [1.165, 1.54) is 18.2 Å². The molecular formula is C13H14F3N3O2. The average Bonchev–Trinajstić information content (AvgIpc) is 2.84. The molecule has 114 valence electrons. The van der Waals surface area contributed by atoms with Crippen LogP contribution >= 0.6 is 0 Å². The fourth-order valence-corrected chi connectivity index (χ4v) is 1.75. The van der Waals surface area contributed by atoms with Gasteiger partial charge in [0.1, 0.15) is 0 Å². The van der Waals surface area contributed by atoms with E-state index in [-0.39, 0.29) is 18.0 Å². The first kappa shape index (κ1) is 15.2. The van der Waals surface area contributed by atoms with E-state index in [4.69, 9.17) is 5.11 Å². The van der Waals surface area contributed by atoms with Crippen LogP contribution in [0.15, 0.2) is 36.7 Å². The third-order valence-corrected chi connectivity index (χ3v) is 2.61. The van der Waals surface area contributed by atoms with Crippen molar-refractivity contribution in [2.75, 3.05) is 11.9 Å². The van der Waals surface area contributed by atoms with Crippen molar-refractivity contribution in [1.29, 1.82) is 0 Å². The van der Waals surface area contributed by atoms with Gasteiger partial charge in [-0.05, 0) is 12.1 Å². The van der Waals surface area contributed by atoms with E-state index in [1.54, 1.807) is 23.1 Å². The third-order valence-electron chi connectivity index (χ3n) is 2.61. The predicted octanol–water partition coefficient (Wildman–Crippen LogP) is 2.39. The molecule has 0 atom stereocenters. The van der Waals surface area contributed by atoms with Crippen molar-refractivity contribution < 1.29 is 23.0 Å². The minimum absolute atomic E-state index is 0.0309. The molecule has 5 nitrogen and oxygen atoms in total. The maximum absolute atomic E-state index is 12.3. The average molecular weight is 301 g/mol. The molecule has 0 saturated carbocycles. The number of aromatic nitrogens is 2. The standard InChI is InChI=1S/C13H14F3N3O2/c14-13(15,16)21-12-4-2-1-3-11(12)17-7-10-8-18-19(9-10)5-6-20/h1-4,8-9,17,20H,5-7H2. The molecule has 0 aliphatic heterocycles. The third kappa shape index (κ3) is 4.67. The zero-order chi connectivity index (χ0) is 15.3. The summed E-state index contributed by atoms with van der Waals surface area (Å²) in [5.74, 6) is -0.284. The quantitative estimate of drug-likeness (QED) is 0.860. The minimum atomic E-state index is -4.73. The first-order valence-electron chi connectivity index (χ1n) is 6.19. The highest BCUT2D eigenvalue weighted by Gasteiger charge is 2.32. The molecule has 0 unspecified atom stereocenters. The summed E-state index contributed by atoms with van der Waals surface area (Å²) in [7, 11) is 0. The number of halogens is 3. The summed E-state index contributed by atoms with van der Waals surface area (Å²) in [6.45, 7) is 0.633. The van der Waals surface area contributed by atoms with Gasteiger partial charge in [0.2, 0.25) is 0 Å². The van der Waals surface area contributed by atoms with E-state index in [9.17, 15) is 13.2 Å². The number of rotatable bonds is 6. The zero-order valence-electron chi connectivity index (χ0n) is 11.0. The lowest BCUT2D eigenvalue weighted by molar-refractivity contribution is -0.274. The predicted molar refractivity (Wildman–Crippen MR) is 69.8 cm³/mol. The molecule has 0 spiro atoms. The Morgan fingerprint density at radius 1 is 1.29 bits per heavy atom. The summed E-state index contributed by atoms with van der Waals surface area (Å²) in [6, 6.07) is 5.82. The second kappa shape index (κ2) is 6.49. The maximum atomic E-state index is 12.3. The summed E-state index contributed by atoms with van der Waals surface area (Å²) >= 11 is 0. The molecule has 0 aliphatic rings. The largest absolute Gasteiger partial charge is 0.573 e. The molecule has 0 radical (unpaired) electrons. The number of aliphatic hydroxyl groups is 1. The van der Waals surface area contributed by atoms with Gasteiger partial charge < -0.3 is 15.2 Å². The van der Waals surface area contributed by atoms with Crippen LogP contribution in [0.3, 0.4) is 0 Å². The van der Waals surface area contributed by atoms with Crippen molar-refractivity contribution in [2.24, 2.45) is 0 Å². The minimum Gasteiger partial charge on any atom is -0.404 e. The van der Waals surface area contributed by atoms with Crippen molar-refractivity contribution in [2.45, 2.75) is 19.5 Å². The molecule has 0 fully saturated rings. The van der Waals surface area contributed by atoms with Crippen molar-refractivity contribution in [3.05, 3.63) is 42.2 Å². The van der Waals surface area contributed by atoms with Crippen LogP contribution in [0.2, 0.25) is 0 Å². The van der Waals surface area contributed by atoms with Crippen LogP contribution in [0.5, 0.6) is 5.75 Å². The number of para-hydroxylation sites is 2. The van der Waals surface area contributed by atoms with Crippen LogP contribution in [0.1, 0.15) is 5.56 Å². The van der Waals surface area contributed by atoms with Gasteiger partial charge in [0, 0.05) is 18.3 Å². The maximum Gasteiger partial charge on any atom is 0.573 e. The van der Waals surface area contributed by atoms with E-state index >= 15 is 0 Å². The van der Waals surface area contributed by atoms with Crippen LogP contribution in [0, 0.1) is 0 Å². The summed E-state index contributed by atoms with van der Waals surface area (Å²) in [4.78, 5) is 0. The number of ether oxygens (including phenoxy) is 1. The van der Waals surface area contributed by atoms with E-state index in [2.05, 4.69) is 15.2 Å². The lowest BCUT2D eigenvalue weighted by Gasteiger charge is -2.14. The fraction of sp³-hybridized carbons (Fsp3) is 0.308. The van der Waals surface area contributed by atoms with Gasteiger partial charge in [0.15, 0.2) is 5.75 Å². The van der Waals surface area contributed by atoms with Gasteiger partial charge in [-0.15, -0.1) is 13.2 Å². The highest BCUT2D eigenvalue weighted by Crippen LogP contribution is 2.30. The number of nitrogens with one attached hydrogen (secondary N) is 1. The zero-order valence-corrected chi connectivity index (χ0v) is 11.0. The van der Waals surface area contributed by atoms with Gasteiger partial charge in [-0.2, -0.15) is 5.10 Å². The topological polar surface area (TPSA) is 59.3 Å². The Balaban J connectivity index is 2.02. The summed E-state index contributed by atoms with van der Waals surface area (Å²) in [5.41, 5.74) is 1.02. The van der Waals surface area contributed by atoms with Crippen LogP contribution in [-0.4, -0.2) is 27.9 Å². The smallest absolute Gasteiger partial charge is 0.404 e. The molecule has 21 heavy (non-hydrogen) atoms. The molecule has 0 saturated heterocycles. The highest BCUT2D eigenvalue weighted by atomic mass is 19.4. The molecule has 0 amide bonds. The SMILES string of the molecule is OCCn1cc(CNc2ccccc2OC(F)(F)F)cn1. The molecule has 2 aromatic rings. The summed E-state index contributed by atoms with van der Waals surface area (Å²) in [5, 5.41) is 15.7. The van der Waals surface area contributed by atoms with E-state index < -0.39 is 6.36 Å². The van der Waals surface area contributed by atoms with Gasteiger partial charge in [-0.3, -0.25) is 4.68 Å². The molecule has 0 aliphatic carbocycles. The Hall–Kier alpha value is -2.22. The number of anilines is 1. The van der Waals surface area contributed by atoms with Crippen LogP contribution in [0.4, 0.5) is 18.9 Å². The van der Waals surface area contributed by atoms with Crippen molar-refractivity contribution in [3.8, 4) is 5.75 Å². The normalized spacial score (nSPS) is 11.4. The molecule has 8 heteroatoms. The van der Waals surface area contributed by atoms with Gasteiger partial charge in [-0.25, -0.2) is 0 Å². The number of nitrogens with zero attached hydrogens (tertiary/aromatic N) is 2. The fourth-order valence-electron chi connectivity index (χ4n) is 1.75. The highest BCUT2D eigenvalue weighted by molar-refractivity contribution is 5.56. The second-order valence-electron chi connectivity index (χ2n) is 4.23. The monoisotopic (exact) mass is 301 g/mol. The lowest BCUT2D eigenvalue weighted by Crippen LogP contribution is -2.18. The van der Waals surface area contributed by atoms with Crippen molar-refractivity contribution in [3.63, 3.8) is 0 Å². The Bertz CT molecular complexity index is 584. The molecular weight excluding hydrogens is 287 g/mol. The Morgan fingerprint density at radius 3 is 2.76 bits per heavy atom. The van der Waals surface area contributed by atoms with Crippen molar-refractivity contribution in [1.82, 2.24) is 9.78 Å². The number of hydrogen-bond acceptors (Lipinski definition) is 4. The van der Waals surface area contributed by atoms with Crippen molar-refractivity contribution >= 4 is 5.69 Å². The van der Waals surface area contributed by atoms with E-state index in [1.807, 2.05) is 0 Å². The molecule has 2 N–H and O–H groups in total. The van der Waals surface area contributed by atoms with E-state index in [0.29, 0.717) is 13.1 Å². The van der Waals surface area contributed by atoms with Gasteiger partial charge in [0.05, 0.1) is 25.0 Å². The number of aliphatic hydroxyl groups excluding tert-OH is 1. The Labute approximate surface area is 119 Å². The van der Waals surface area contributed by atoms with Gasteiger partial charge in [-0.1, -0.05) is 12.1 Å². The molecule has 1 aromatic heterocycles. The molecule has 1 heterocycles. The first-order chi connectivity index (χ1) is 9.98. The molecule has 0 bridgehead atoms. The first-order valence-corrected chi connectivity index (χ1v) is 6.19. The number of alkyl halides is 3. The molecule has 2 rings (SSSR count). The van der Waals surface area contributed by atoms with Crippen LogP contribution in [-0.2, 0) is 13.1 Å². The van der Waals surface area contributed by atoms with Crippen LogP contribution in [0.25, 0.3) is 0 Å². The summed E-state index contributed by atoms with van der Waals surface area (Å²) in [6.07, 6.45) is -1.45. The Kier molecular flexibility index (Phi) is 4.69. The number of hydrogen-bond donors (Lipinski definition) is 2. The van der Waals surface area contributed by atoms with Gasteiger partial charge >= 0.3 is 6.36 Å². The lowest BCUT2D eigenvalue weighted by atomic mass is 10.2. The van der Waals surface area contributed by atoms with Crippen LogP contribution < -0.4 is 10.1 Å². The molecule has 1 aromatic carbocycles. The van der Waals surface area contributed by atoms with Gasteiger partial charge in [0.25, 0.3) is 0 Å². The summed E-state index contributed by atoms with van der Waals surface area (Å²) < 4.78 is 42.4. The van der Waals surface area contributed by atoms with E-state index in [0.717, 1.165) is 5.56 Å². The Morgan fingerprint density at radius 2 is 2.05 bits per heavy atom.